The first-order valence-corrected chi connectivity index (χ1v) is 6.57. The fourth-order valence-corrected chi connectivity index (χ4v) is 2.29. The first-order chi connectivity index (χ1) is 7.52. The molecule has 0 atom stereocenters. The number of alkyl halides is 1. The summed E-state index contributed by atoms with van der Waals surface area (Å²) in [4.78, 5) is 23.8. The van der Waals surface area contributed by atoms with Crippen LogP contribution in [0.1, 0.15) is 5.56 Å². The SMILES string of the molecule is CN(Cc1csc(Br)c1)C(=O)NC(=O)CCl. The second-order valence-corrected chi connectivity index (χ2v) is 5.66. The summed E-state index contributed by atoms with van der Waals surface area (Å²) < 4.78 is 1.01. The van der Waals surface area contributed by atoms with Crippen LogP contribution in [0, 0.1) is 0 Å². The highest BCUT2D eigenvalue weighted by Gasteiger charge is 2.12. The highest BCUT2D eigenvalue weighted by atomic mass is 79.9. The van der Waals surface area contributed by atoms with Crippen molar-refractivity contribution in [3.63, 3.8) is 0 Å². The molecule has 0 aliphatic heterocycles. The number of hydrogen-bond acceptors (Lipinski definition) is 3. The third-order valence-corrected chi connectivity index (χ3v) is 3.55. The number of urea groups is 1. The summed E-state index contributed by atoms with van der Waals surface area (Å²) in [6, 6.07) is 1.48. The van der Waals surface area contributed by atoms with Crippen molar-refractivity contribution in [1.29, 1.82) is 0 Å². The molecule has 88 valence electrons. The molecule has 3 amide bonds. The molecule has 0 aliphatic rings. The number of carbonyl (C=O) groups excluding carboxylic acids is 2. The molecule has 1 aromatic rings. The maximum absolute atomic E-state index is 11.5. The molecule has 1 N–H and O–H groups in total. The molecule has 0 bridgehead atoms. The molecule has 0 aliphatic carbocycles. The third-order valence-electron chi connectivity index (χ3n) is 1.76. The van der Waals surface area contributed by atoms with Gasteiger partial charge in [-0.2, -0.15) is 0 Å². The largest absolute Gasteiger partial charge is 0.324 e. The van der Waals surface area contributed by atoms with Crippen molar-refractivity contribution in [2.24, 2.45) is 0 Å². The zero-order valence-electron chi connectivity index (χ0n) is 8.50. The molecule has 1 aromatic heterocycles. The molecular formula is C9H10BrClN2O2S. The number of thiophene rings is 1. The lowest BCUT2D eigenvalue weighted by Gasteiger charge is -2.16. The predicted molar refractivity (Wildman–Crippen MR) is 67.7 cm³/mol. The summed E-state index contributed by atoms with van der Waals surface area (Å²) in [6.45, 7) is 0.448. The molecular weight excluding hydrogens is 316 g/mol. The maximum Gasteiger partial charge on any atom is 0.324 e. The van der Waals surface area contributed by atoms with Gasteiger partial charge >= 0.3 is 6.03 Å². The van der Waals surface area contributed by atoms with Gasteiger partial charge in [0.1, 0.15) is 5.88 Å². The number of nitrogens with zero attached hydrogens (tertiary/aromatic N) is 1. The van der Waals surface area contributed by atoms with Gasteiger partial charge in [-0.15, -0.1) is 22.9 Å². The van der Waals surface area contributed by atoms with Gasteiger partial charge in [-0.1, -0.05) is 0 Å². The van der Waals surface area contributed by atoms with Crippen LogP contribution in [-0.4, -0.2) is 29.8 Å². The Hall–Kier alpha value is -0.590. The Morgan fingerprint density at radius 2 is 2.31 bits per heavy atom. The van der Waals surface area contributed by atoms with Crippen LogP contribution in [0.15, 0.2) is 15.2 Å². The molecule has 1 rings (SSSR count). The van der Waals surface area contributed by atoms with Gasteiger partial charge in [-0.05, 0) is 32.9 Å². The van der Waals surface area contributed by atoms with E-state index in [0.29, 0.717) is 6.54 Å². The quantitative estimate of drug-likeness (QED) is 0.868. The Morgan fingerprint density at radius 1 is 1.62 bits per heavy atom. The highest BCUT2D eigenvalue weighted by Crippen LogP contribution is 2.21. The van der Waals surface area contributed by atoms with Gasteiger partial charge in [0, 0.05) is 13.6 Å². The van der Waals surface area contributed by atoms with E-state index in [-0.39, 0.29) is 5.88 Å². The lowest BCUT2D eigenvalue weighted by Crippen LogP contribution is -2.40. The molecule has 0 aromatic carbocycles. The van der Waals surface area contributed by atoms with Gasteiger partial charge in [0.05, 0.1) is 3.79 Å². The van der Waals surface area contributed by atoms with Gasteiger partial charge in [0.15, 0.2) is 0 Å². The average Bonchev–Trinajstić information content (AvgIpc) is 2.63. The summed E-state index contributed by atoms with van der Waals surface area (Å²) in [7, 11) is 1.61. The highest BCUT2D eigenvalue weighted by molar-refractivity contribution is 9.11. The van der Waals surface area contributed by atoms with Crippen molar-refractivity contribution in [3.8, 4) is 0 Å². The molecule has 0 saturated carbocycles. The molecule has 16 heavy (non-hydrogen) atoms. The van der Waals surface area contributed by atoms with E-state index in [0.717, 1.165) is 9.35 Å². The van der Waals surface area contributed by atoms with Crippen molar-refractivity contribution < 1.29 is 9.59 Å². The van der Waals surface area contributed by atoms with Crippen molar-refractivity contribution in [2.75, 3.05) is 12.9 Å². The van der Waals surface area contributed by atoms with Crippen LogP contribution in [0.2, 0.25) is 0 Å². The van der Waals surface area contributed by atoms with E-state index in [1.165, 1.54) is 4.90 Å². The molecule has 0 radical (unpaired) electrons. The number of hydrogen-bond donors (Lipinski definition) is 1. The topological polar surface area (TPSA) is 49.4 Å². The van der Waals surface area contributed by atoms with E-state index >= 15 is 0 Å². The van der Waals surface area contributed by atoms with E-state index in [2.05, 4.69) is 21.2 Å². The van der Waals surface area contributed by atoms with Crippen molar-refractivity contribution >= 4 is 50.8 Å². The van der Waals surface area contributed by atoms with Crippen LogP contribution in [0.4, 0.5) is 4.79 Å². The molecule has 7 heteroatoms. The summed E-state index contributed by atoms with van der Waals surface area (Å²) >= 11 is 10.2. The van der Waals surface area contributed by atoms with Gasteiger partial charge in [0.25, 0.3) is 0 Å². The molecule has 0 unspecified atom stereocenters. The van der Waals surface area contributed by atoms with Crippen molar-refractivity contribution in [2.45, 2.75) is 6.54 Å². The van der Waals surface area contributed by atoms with Gasteiger partial charge in [-0.25, -0.2) is 4.79 Å². The predicted octanol–water partition coefficient (Wildman–Crippen LogP) is 2.42. The number of halogens is 2. The van der Waals surface area contributed by atoms with Crippen molar-refractivity contribution in [1.82, 2.24) is 10.2 Å². The Kier molecular flexibility index (Phi) is 5.24. The summed E-state index contributed by atoms with van der Waals surface area (Å²) in [5, 5.41) is 4.11. The fraction of sp³-hybridized carbons (Fsp3) is 0.333. The van der Waals surface area contributed by atoms with Gasteiger partial charge < -0.3 is 4.90 Å². The minimum absolute atomic E-state index is 0.219. The number of rotatable bonds is 3. The van der Waals surface area contributed by atoms with E-state index in [9.17, 15) is 9.59 Å². The summed E-state index contributed by atoms with van der Waals surface area (Å²) in [5.41, 5.74) is 1.01. The fourth-order valence-electron chi connectivity index (χ4n) is 1.02. The number of nitrogens with one attached hydrogen (secondary N) is 1. The molecule has 4 nitrogen and oxygen atoms in total. The maximum atomic E-state index is 11.5. The standard InChI is InChI=1S/C9H10BrClN2O2S/c1-13(9(15)12-8(14)3-11)4-6-2-7(10)16-5-6/h2,5H,3-4H2,1H3,(H,12,14,15). The van der Waals surface area contributed by atoms with Crippen LogP contribution in [0.5, 0.6) is 0 Å². The van der Waals surface area contributed by atoms with E-state index in [1.807, 2.05) is 11.4 Å². The van der Waals surface area contributed by atoms with Crippen LogP contribution in [0.25, 0.3) is 0 Å². The van der Waals surface area contributed by atoms with Gasteiger partial charge in [-0.3, -0.25) is 10.1 Å². The summed E-state index contributed by atoms with van der Waals surface area (Å²) in [5.74, 6) is -0.714. The molecule has 0 spiro atoms. The lowest BCUT2D eigenvalue weighted by atomic mass is 10.3. The zero-order valence-corrected chi connectivity index (χ0v) is 11.7. The Bertz CT molecular complexity index is 397. The first kappa shape index (κ1) is 13.5. The number of carbonyl (C=O) groups is 2. The van der Waals surface area contributed by atoms with Crippen LogP contribution in [0.3, 0.4) is 0 Å². The number of imide groups is 1. The molecule has 1 heterocycles. The Labute approximate surface area is 111 Å². The van der Waals surface area contributed by atoms with Crippen LogP contribution < -0.4 is 5.32 Å². The molecule has 0 saturated heterocycles. The monoisotopic (exact) mass is 324 g/mol. The third kappa shape index (κ3) is 4.11. The first-order valence-electron chi connectivity index (χ1n) is 4.36. The zero-order chi connectivity index (χ0) is 12.1. The van der Waals surface area contributed by atoms with E-state index in [4.69, 9.17) is 11.6 Å². The van der Waals surface area contributed by atoms with E-state index in [1.54, 1.807) is 18.4 Å². The second-order valence-electron chi connectivity index (χ2n) is 3.10. The summed E-state index contributed by atoms with van der Waals surface area (Å²) in [6.07, 6.45) is 0. The van der Waals surface area contributed by atoms with Gasteiger partial charge in [0.2, 0.25) is 5.91 Å². The number of amides is 3. The Balaban J connectivity index is 2.48. The Morgan fingerprint density at radius 3 is 2.81 bits per heavy atom. The molecule has 0 fully saturated rings. The average molecular weight is 326 g/mol. The second kappa shape index (κ2) is 6.22. The minimum atomic E-state index is -0.495. The minimum Gasteiger partial charge on any atom is -0.323 e. The van der Waals surface area contributed by atoms with Crippen LogP contribution in [-0.2, 0) is 11.3 Å². The lowest BCUT2D eigenvalue weighted by molar-refractivity contribution is -0.117. The smallest absolute Gasteiger partial charge is 0.323 e. The van der Waals surface area contributed by atoms with E-state index < -0.39 is 11.9 Å². The normalized spacial score (nSPS) is 9.94. The van der Waals surface area contributed by atoms with Crippen molar-refractivity contribution in [3.05, 3.63) is 20.8 Å². The van der Waals surface area contributed by atoms with Crippen LogP contribution >= 0.6 is 38.9 Å².